The highest BCUT2D eigenvalue weighted by molar-refractivity contribution is 7.68. The molecule has 0 aliphatic rings. The number of rotatable bonds is 1. The quantitative estimate of drug-likeness (QED) is 0.283. The summed E-state index contributed by atoms with van der Waals surface area (Å²) in [5.41, 5.74) is 2.66. The third-order valence-electron chi connectivity index (χ3n) is 5.72. The first kappa shape index (κ1) is 15.1. The average molecular weight is 363 g/mol. The maximum atomic E-state index is 2.38. The Labute approximate surface area is 158 Å². The number of para-hydroxylation sites is 1. The average Bonchev–Trinajstić information content (AvgIpc) is 3.22. The largest absolute Gasteiger partial charge is 0.343 e. The van der Waals surface area contributed by atoms with Crippen LogP contribution in [0, 0.1) is 0 Å². The van der Waals surface area contributed by atoms with E-state index >= 15 is 0 Å². The van der Waals surface area contributed by atoms with E-state index in [9.17, 15) is 0 Å². The van der Waals surface area contributed by atoms with E-state index in [0.717, 1.165) is 0 Å². The fourth-order valence-corrected chi connectivity index (χ4v) is 7.20. The summed E-state index contributed by atoms with van der Waals surface area (Å²) in [7, 11) is 1.70. The predicted octanol–water partition coefficient (Wildman–Crippen LogP) is 7.61. The number of aromatic nitrogens is 1. The van der Waals surface area contributed by atoms with Crippen molar-refractivity contribution in [3.05, 3.63) is 91.0 Å². The fraction of sp³-hybridized carbons (Fsp3) is 0.0400. The van der Waals surface area contributed by atoms with Crippen molar-refractivity contribution in [2.45, 2.75) is 0 Å². The zero-order chi connectivity index (χ0) is 18.0. The number of benzene rings is 4. The molecule has 1 unspecified atom stereocenters. The lowest BCUT2D eigenvalue weighted by molar-refractivity contribution is 1.02. The highest BCUT2D eigenvalue weighted by Gasteiger charge is 2.18. The number of hydrogen-bond donors (Lipinski definition) is 0. The molecule has 0 radical (unpaired) electrons. The highest BCUT2D eigenvalue weighted by Crippen LogP contribution is 2.56. The van der Waals surface area contributed by atoms with E-state index in [-0.39, 0.29) is 0 Å². The summed E-state index contributed by atoms with van der Waals surface area (Å²) in [6, 6.07) is 33.4. The summed E-state index contributed by atoms with van der Waals surface area (Å²) in [4.78, 5) is 0. The zero-order valence-electron chi connectivity index (χ0n) is 15.1. The molecule has 128 valence electrons. The van der Waals surface area contributed by atoms with Crippen molar-refractivity contribution in [1.82, 2.24) is 4.57 Å². The van der Waals surface area contributed by atoms with E-state index in [1.807, 2.05) is 0 Å². The van der Waals surface area contributed by atoms with Gasteiger partial charge in [0.2, 0.25) is 0 Å². The molecule has 2 aromatic heterocycles. The van der Waals surface area contributed by atoms with Gasteiger partial charge in [-0.3, -0.25) is 0 Å². The minimum absolute atomic E-state index is 0.500. The fourth-order valence-electron chi connectivity index (χ4n) is 4.58. The van der Waals surface area contributed by atoms with Crippen molar-refractivity contribution in [1.29, 1.82) is 0 Å². The maximum Gasteiger partial charge on any atom is 0.0578 e. The van der Waals surface area contributed by atoms with Crippen molar-refractivity contribution in [3.8, 4) is 5.30 Å². The summed E-state index contributed by atoms with van der Waals surface area (Å²) in [5, 5.41) is 9.91. The predicted molar refractivity (Wildman–Crippen MR) is 119 cm³/mol. The summed E-state index contributed by atoms with van der Waals surface area (Å²) in [5.74, 6) is 0. The Balaban J connectivity index is 1.92. The summed E-state index contributed by atoms with van der Waals surface area (Å²) < 4.78 is 2.38. The SMILES string of the molecule is Cn1c2ccccc2c2ccc3c(c4ccccc4p3-c3ccccc3)c21. The molecular formula is C25H18NP. The van der Waals surface area contributed by atoms with Crippen LogP contribution < -0.4 is 0 Å². The van der Waals surface area contributed by atoms with Crippen LogP contribution in [0.25, 0.3) is 48.1 Å². The standard InChI is InChI=1S/C25H18NP/c1-26-21-13-7-5-11-18(21)19-15-16-23-24(25(19)26)20-12-6-8-14-22(20)27(23)17-9-3-2-4-10-17/h2-16H,1H3. The molecule has 1 atom stereocenters. The van der Waals surface area contributed by atoms with Crippen LogP contribution in [-0.4, -0.2) is 4.57 Å². The molecule has 0 fully saturated rings. The van der Waals surface area contributed by atoms with Crippen LogP contribution in [0.4, 0.5) is 0 Å². The number of aryl methyl sites for hydroxylation is 1. The number of nitrogens with zero attached hydrogens (tertiary/aromatic N) is 1. The Bertz CT molecular complexity index is 1470. The van der Waals surface area contributed by atoms with Crippen molar-refractivity contribution in [2.75, 3.05) is 0 Å². The number of hydrogen-bond acceptors (Lipinski definition) is 0. The summed E-state index contributed by atoms with van der Waals surface area (Å²) >= 11 is 0. The zero-order valence-corrected chi connectivity index (χ0v) is 15.9. The summed E-state index contributed by atoms with van der Waals surface area (Å²) in [6.45, 7) is 0. The van der Waals surface area contributed by atoms with E-state index in [4.69, 9.17) is 0 Å². The van der Waals surface area contributed by atoms with Crippen LogP contribution in [0.15, 0.2) is 91.0 Å². The third-order valence-corrected chi connectivity index (χ3v) is 8.26. The molecule has 2 heteroatoms. The van der Waals surface area contributed by atoms with Gasteiger partial charge in [0.25, 0.3) is 0 Å². The molecule has 1 nitrogen and oxygen atoms in total. The van der Waals surface area contributed by atoms with Crippen molar-refractivity contribution in [3.63, 3.8) is 0 Å². The second kappa shape index (κ2) is 5.49. The Morgan fingerprint density at radius 1 is 0.593 bits per heavy atom. The van der Waals surface area contributed by atoms with Gasteiger partial charge in [-0.2, -0.15) is 0 Å². The lowest BCUT2D eigenvalue weighted by Crippen LogP contribution is -1.86. The van der Waals surface area contributed by atoms with Gasteiger partial charge in [0, 0.05) is 39.0 Å². The van der Waals surface area contributed by atoms with E-state index in [0.29, 0.717) is 0 Å². The molecule has 4 aromatic carbocycles. The Morgan fingerprint density at radius 2 is 1.30 bits per heavy atom. The van der Waals surface area contributed by atoms with Crippen LogP contribution in [0.1, 0.15) is 0 Å². The second-order valence-electron chi connectivity index (χ2n) is 7.12. The van der Waals surface area contributed by atoms with Crippen molar-refractivity contribution < 1.29 is 0 Å². The molecule has 6 rings (SSSR count). The molecule has 0 N–H and O–H groups in total. The molecule has 0 amide bonds. The molecule has 2 heterocycles. The van der Waals surface area contributed by atoms with Crippen LogP contribution in [0.2, 0.25) is 0 Å². The molecule has 27 heavy (non-hydrogen) atoms. The monoisotopic (exact) mass is 363 g/mol. The Morgan fingerprint density at radius 3 is 2.15 bits per heavy atom. The summed E-state index contributed by atoms with van der Waals surface area (Å²) in [6.07, 6.45) is 0. The van der Waals surface area contributed by atoms with E-state index in [1.54, 1.807) is 0 Å². The molecule has 0 aliphatic carbocycles. The van der Waals surface area contributed by atoms with E-state index in [2.05, 4.69) is 103 Å². The Hall–Kier alpha value is -3.02. The van der Waals surface area contributed by atoms with Gasteiger partial charge < -0.3 is 4.57 Å². The van der Waals surface area contributed by atoms with Gasteiger partial charge >= 0.3 is 0 Å². The molecule has 6 aromatic rings. The first-order valence-corrected chi connectivity index (χ1v) is 10.6. The smallest absolute Gasteiger partial charge is 0.0578 e. The van der Waals surface area contributed by atoms with Crippen LogP contribution >= 0.6 is 7.53 Å². The Kier molecular flexibility index (Phi) is 3.06. The van der Waals surface area contributed by atoms with Gasteiger partial charge in [-0.25, -0.2) is 0 Å². The van der Waals surface area contributed by atoms with Gasteiger partial charge in [-0.1, -0.05) is 86.4 Å². The molecule has 0 aliphatic heterocycles. The third kappa shape index (κ3) is 1.95. The van der Waals surface area contributed by atoms with Gasteiger partial charge in [-0.15, -0.1) is 0 Å². The molecule has 0 spiro atoms. The van der Waals surface area contributed by atoms with Crippen molar-refractivity contribution >= 4 is 50.3 Å². The second-order valence-corrected chi connectivity index (χ2v) is 9.27. The first-order chi connectivity index (χ1) is 13.3. The van der Waals surface area contributed by atoms with Crippen LogP contribution in [-0.2, 0) is 7.05 Å². The van der Waals surface area contributed by atoms with Gasteiger partial charge in [0.1, 0.15) is 0 Å². The minimum atomic E-state index is -0.500. The first-order valence-electron chi connectivity index (χ1n) is 9.29. The lowest BCUT2D eigenvalue weighted by Gasteiger charge is -2.04. The molecular weight excluding hydrogens is 345 g/mol. The minimum Gasteiger partial charge on any atom is -0.343 e. The molecule has 0 saturated heterocycles. The van der Waals surface area contributed by atoms with Gasteiger partial charge in [0.05, 0.1) is 5.52 Å². The normalized spacial score (nSPS) is 12.6. The van der Waals surface area contributed by atoms with Crippen LogP contribution in [0.5, 0.6) is 0 Å². The molecule has 0 saturated carbocycles. The van der Waals surface area contributed by atoms with Gasteiger partial charge in [-0.05, 0) is 22.8 Å². The van der Waals surface area contributed by atoms with E-state index in [1.165, 1.54) is 48.1 Å². The van der Waals surface area contributed by atoms with E-state index < -0.39 is 7.53 Å². The van der Waals surface area contributed by atoms with Gasteiger partial charge in [0.15, 0.2) is 0 Å². The number of fused-ring (bicyclic) bond motifs is 7. The van der Waals surface area contributed by atoms with Crippen molar-refractivity contribution in [2.24, 2.45) is 7.05 Å². The maximum absolute atomic E-state index is 2.38. The highest BCUT2D eigenvalue weighted by atomic mass is 31.1. The lowest BCUT2D eigenvalue weighted by atomic mass is 10.1. The van der Waals surface area contributed by atoms with Crippen LogP contribution in [0.3, 0.4) is 0 Å². The topological polar surface area (TPSA) is 4.93 Å². The molecule has 0 bridgehead atoms.